The van der Waals surface area contributed by atoms with E-state index in [2.05, 4.69) is 43.7 Å². The van der Waals surface area contributed by atoms with E-state index < -0.39 is 0 Å². The Morgan fingerprint density at radius 1 is 1.03 bits per heavy atom. The molecule has 0 amide bonds. The maximum absolute atomic E-state index is 12.6. The van der Waals surface area contributed by atoms with Crippen molar-refractivity contribution in [1.82, 2.24) is 19.4 Å². The van der Waals surface area contributed by atoms with Gasteiger partial charge in [0.1, 0.15) is 5.82 Å². The van der Waals surface area contributed by atoms with E-state index in [1.165, 1.54) is 25.7 Å². The number of rotatable bonds is 5. The Labute approximate surface area is 171 Å². The number of carbonyl (C=O) groups is 1. The molecule has 0 atom stereocenters. The van der Waals surface area contributed by atoms with Crippen LogP contribution < -0.4 is 0 Å². The van der Waals surface area contributed by atoms with Crippen LogP contribution in [-0.2, 0) is 18.3 Å². The summed E-state index contributed by atoms with van der Waals surface area (Å²) in [6.07, 6.45) is 9.54. The molecule has 1 spiro atoms. The van der Waals surface area contributed by atoms with Crippen molar-refractivity contribution in [3.8, 4) is 11.3 Å². The number of piperidine rings is 1. The number of Topliss-reactive ketones (excluding diaryl/α,β-unsaturated/α-hetero) is 1. The Hall–Kier alpha value is -2.53. The largest absolute Gasteiger partial charge is 0.331 e. The molecule has 0 radical (unpaired) electrons. The van der Waals surface area contributed by atoms with Gasteiger partial charge in [0, 0.05) is 29.9 Å². The first-order chi connectivity index (χ1) is 14.0. The second-order valence-electron chi connectivity index (χ2n) is 8.98. The van der Waals surface area contributed by atoms with Crippen LogP contribution in [0.15, 0.2) is 36.7 Å². The first-order valence-corrected chi connectivity index (χ1v) is 10.6. The van der Waals surface area contributed by atoms with Gasteiger partial charge in [-0.25, -0.2) is 4.98 Å². The van der Waals surface area contributed by atoms with Gasteiger partial charge in [-0.2, -0.15) is 0 Å². The Morgan fingerprint density at radius 3 is 2.52 bits per heavy atom. The van der Waals surface area contributed by atoms with Gasteiger partial charge in [0.25, 0.3) is 0 Å². The van der Waals surface area contributed by atoms with Crippen LogP contribution in [-0.4, -0.2) is 44.9 Å². The standard InChI is InChI=1S/C24H28N4O/c1-17-25-15-23(27(17)2)18-3-4-19-14-26-21(12-20(19)11-18)13-22(29)16-28-9-7-24(5-6-24)8-10-28/h3-4,11-12,14-15H,5-10,13,16H2,1-2H3. The Morgan fingerprint density at radius 2 is 1.83 bits per heavy atom. The van der Waals surface area contributed by atoms with Crippen LogP contribution in [0.3, 0.4) is 0 Å². The number of hydrogen-bond acceptors (Lipinski definition) is 4. The molecule has 1 aliphatic heterocycles. The summed E-state index contributed by atoms with van der Waals surface area (Å²) in [5.74, 6) is 1.26. The molecule has 2 aliphatic rings. The van der Waals surface area contributed by atoms with Gasteiger partial charge in [-0.1, -0.05) is 12.1 Å². The van der Waals surface area contributed by atoms with Crippen molar-refractivity contribution in [3.63, 3.8) is 0 Å². The molecule has 1 saturated heterocycles. The fourth-order valence-corrected chi connectivity index (χ4v) is 4.58. The van der Waals surface area contributed by atoms with Crippen LogP contribution in [0.1, 0.15) is 37.2 Å². The lowest BCUT2D eigenvalue weighted by Gasteiger charge is -2.31. The molecule has 5 heteroatoms. The van der Waals surface area contributed by atoms with E-state index >= 15 is 0 Å². The number of aryl methyl sites for hydroxylation is 1. The van der Waals surface area contributed by atoms with Crippen LogP contribution in [0.5, 0.6) is 0 Å². The maximum Gasteiger partial charge on any atom is 0.152 e. The van der Waals surface area contributed by atoms with E-state index in [1.807, 2.05) is 26.4 Å². The Kier molecular flexibility index (Phi) is 4.50. The van der Waals surface area contributed by atoms with Gasteiger partial charge in [0.2, 0.25) is 0 Å². The first kappa shape index (κ1) is 18.5. The minimum atomic E-state index is 0.266. The van der Waals surface area contributed by atoms with E-state index in [1.54, 1.807) is 0 Å². The molecule has 5 rings (SSSR count). The van der Waals surface area contributed by atoms with Crippen molar-refractivity contribution in [1.29, 1.82) is 0 Å². The number of imidazole rings is 1. The smallest absolute Gasteiger partial charge is 0.152 e. The summed E-state index contributed by atoms with van der Waals surface area (Å²) in [6.45, 7) is 4.71. The molecular formula is C24H28N4O. The van der Waals surface area contributed by atoms with E-state index in [0.29, 0.717) is 18.4 Å². The van der Waals surface area contributed by atoms with Crippen molar-refractivity contribution in [2.75, 3.05) is 19.6 Å². The summed E-state index contributed by atoms with van der Waals surface area (Å²) in [4.78, 5) is 23.9. The van der Waals surface area contributed by atoms with Crippen LogP contribution in [0.25, 0.3) is 22.0 Å². The molecule has 1 aromatic carbocycles. The lowest BCUT2D eigenvalue weighted by Crippen LogP contribution is -2.38. The minimum absolute atomic E-state index is 0.266. The second-order valence-corrected chi connectivity index (χ2v) is 8.98. The van der Waals surface area contributed by atoms with Gasteiger partial charge in [-0.15, -0.1) is 0 Å². The van der Waals surface area contributed by atoms with Crippen molar-refractivity contribution in [3.05, 3.63) is 48.2 Å². The molecule has 3 heterocycles. The highest BCUT2D eigenvalue weighted by Gasteiger charge is 2.44. The van der Waals surface area contributed by atoms with Crippen LogP contribution in [0.2, 0.25) is 0 Å². The lowest BCUT2D eigenvalue weighted by atomic mass is 9.93. The monoisotopic (exact) mass is 388 g/mol. The average molecular weight is 389 g/mol. The SMILES string of the molecule is Cc1ncc(-c2ccc3cnc(CC(=O)CN4CCC5(CC4)CC5)cc3c2)n1C. The summed E-state index contributed by atoms with van der Waals surface area (Å²) in [6, 6.07) is 8.43. The second kappa shape index (κ2) is 7.06. The van der Waals surface area contributed by atoms with Gasteiger partial charge in [-0.05, 0) is 68.6 Å². The van der Waals surface area contributed by atoms with Crippen molar-refractivity contribution in [2.45, 2.75) is 39.0 Å². The number of likely N-dealkylation sites (tertiary alicyclic amines) is 1. The zero-order valence-corrected chi connectivity index (χ0v) is 17.3. The van der Waals surface area contributed by atoms with Gasteiger partial charge >= 0.3 is 0 Å². The van der Waals surface area contributed by atoms with Crippen LogP contribution >= 0.6 is 0 Å². The highest BCUT2D eigenvalue weighted by molar-refractivity contribution is 5.88. The molecule has 0 bridgehead atoms. The Bertz CT molecular complexity index is 1070. The number of ketones is 1. The number of hydrogen-bond donors (Lipinski definition) is 0. The summed E-state index contributed by atoms with van der Waals surface area (Å²) < 4.78 is 2.09. The summed E-state index contributed by atoms with van der Waals surface area (Å²) >= 11 is 0. The number of carbonyl (C=O) groups excluding carboxylic acids is 1. The van der Waals surface area contributed by atoms with Crippen molar-refractivity contribution >= 4 is 16.6 Å². The summed E-state index contributed by atoms with van der Waals surface area (Å²) in [7, 11) is 2.03. The zero-order chi connectivity index (χ0) is 20.0. The first-order valence-electron chi connectivity index (χ1n) is 10.6. The maximum atomic E-state index is 12.6. The normalized spacial score (nSPS) is 18.4. The van der Waals surface area contributed by atoms with E-state index in [4.69, 9.17) is 0 Å². The molecule has 2 aromatic heterocycles. The molecular weight excluding hydrogens is 360 g/mol. The summed E-state index contributed by atoms with van der Waals surface area (Å²) in [5.41, 5.74) is 3.74. The highest BCUT2D eigenvalue weighted by atomic mass is 16.1. The van der Waals surface area contributed by atoms with E-state index in [0.717, 1.165) is 46.6 Å². The third kappa shape index (κ3) is 3.71. The predicted octanol–water partition coefficient (Wildman–Crippen LogP) is 3.93. The molecule has 3 aromatic rings. The lowest BCUT2D eigenvalue weighted by molar-refractivity contribution is -0.120. The predicted molar refractivity (Wildman–Crippen MR) is 115 cm³/mol. The Balaban J connectivity index is 1.29. The number of fused-ring (bicyclic) bond motifs is 1. The third-order valence-corrected chi connectivity index (χ3v) is 6.95. The van der Waals surface area contributed by atoms with Gasteiger partial charge in [-0.3, -0.25) is 14.7 Å². The van der Waals surface area contributed by atoms with Gasteiger partial charge in [0.05, 0.1) is 24.9 Å². The van der Waals surface area contributed by atoms with Crippen molar-refractivity contribution < 1.29 is 4.79 Å². The van der Waals surface area contributed by atoms with E-state index in [-0.39, 0.29) is 5.78 Å². The highest BCUT2D eigenvalue weighted by Crippen LogP contribution is 2.53. The fraction of sp³-hybridized carbons (Fsp3) is 0.458. The summed E-state index contributed by atoms with van der Waals surface area (Å²) in [5, 5.41) is 2.21. The molecule has 0 N–H and O–H groups in total. The van der Waals surface area contributed by atoms with Gasteiger partial charge < -0.3 is 4.57 Å². The molecule has 0 unspecified atom stereocenters. The third-order valence-electron chi connectivity index (χ3n) is 6.95. The minimum Gasteiger partial charge on any atom is -0.331 e. The quantitative estimate of drug-likeness (QED) is 0.664. The van der Waals surface area contributed by atoms with Gasteiger partial charge in [0.15, 0.2) is 5.78 Å². The molecule has 29 heavy (non-hydrogen) atoms. The van der Waals surface area contributed by atoms with E-state index in [9.17, 15) is 4.79 Å². The van der Waals surface area contributed by atoms with Crippen LogP contribution in [0, 0.1) is 12.3 Å². The van der Waals surface area contributed by atoms with Crippen molar-refractivity contribution in [2.24, 2.45) is 12.5 Å². The number of benzene rings is 1. The molecule has 1 aliphatic carbocycles. The number of nitrogens with zero attached hydrogens (tertiary/aromatic N) is 4. The van der Waals surface area contributed by atoms with Crippen LogP contribution in [0.4, 0.5) is 0 Å². The number of pyridine rings is 1. The number of aromatic nitrogens is 3. The average Bonchev–Trinajstić information content (AvgIpc) is 3.40. The fourth-order valence-electron chi connectivity index (χ4n) is 4.58. The molecule has 2 fully saturated rings. The zero-order valence-electron chi connectivity index (χ0n) is 17.3. The molecule has 5 nitrogen and oxygen atoms in total. The molecule has 1 saturated carbocycles. The topological polar surface area (TPSA) is 51.0 Å². The molecule has 150 valence electrons.